The largest absolute Gasteiger partial charge is 0.332 e. The van der Waals surface area contributed by atoms with Gasteiger partial charge in [-0.2, -0.15) is 8.75 Å². The van der Waals surface area contributed by atoms with Gasteiger partial charge >= 0.3 is 0 Å². The molecule has 0 atom stereocenters. The molecule has 3 rings (SSSR count). The smallest absolute Gasteiger partial charge is 0.161 e. The Morgan fingerprint density at radius 1 is 1.18 bits per heavy atom. The van der Waals surface area contributed by atoms with Crippen LogP contribution < -0.4 is 5.32 Å². The van der Waals surface area contributed by atoms with Crippen LogP contribution in [0, 0.1) is 0 Å². The lowest BCUT2D eigenvalue weighted by Crippen LogP contribution is -2.06. The lowest BCUT2D eigenvalue weighted by molar-refractivity contribution is 1.17. The van der Waals surface area contributed by atoms with Gasteiger partial charge in [-0.3, -0.25) is 4.99 Å². The first-order valence-corrected chi connectivity index (χ1v) is 7.27. The highest BCUT2D eigenvalue weighted by molar-refractivity contribution is 8.14. The van der Waals surface area contributed by atoms with Crippen LogP contribution in [0.2, 0.25) is 10.0 Å². The van der Waals surface area contributed by atoms with Gasteiger partial charge in [0, 0.05) is 5.75 Å². The van der Waals surface area contributed by atoms with Crippen molar-refractivity contribution in [2.45, 2.75) is 0 Å². The fourth-order valence-corrected chi connectivity index (χ4v) is 3.40. The molecule has 4 nitrogen and oxygen atoms in total. The van der Waals surface area contributed by atoms with E-state index < -0.39 is 0 Å². The van der Waals surface area contributed by atoms with Crippen molar-refractivity contribution >= 4 is 68.6 Å². The zero-order valence-corrected chi connectivity index (χ0v) is 11.6. The molecule has 1 aromatic heterocycles. The Bertz CT molecular complexity index is 610. The highest BCUT2D eigenvalue weighted by atomic mass is 35.5. The number of halogens is 2. The number of hydrogen-bond donors (Lipinski definition) is 1. The van der Waals surface area contributed by atoms with Crippen LogP contribution in [0.1, 0.15) is 0 Å². The first-order chi connectivity index (χ1) is 8.25. The van der Waals surface area contributed by atoms with E-state index in [1.165, 1.54) is 0 Å². The standard InChI is InChI=1S/C9H6Cl2N4S2/c10-4-3-5(11)7-8(15-17-14-7)6(4)13-9-12-1-2-16-9/h3H,1-2H2,(H,12,13). The zero-order chi connectivity index (χ0) is 11.8. The molecule has 0 saturated carbocycles. The molecule has 1 aliphatic rings. The van der Waals surface area contributed by atoms with Gasteiger partial charge in [-0.05, 0) is 6.07 Å². The van der Waals surface area contributed by atoms with E-state index in [0.29, 0.717) is 21.1 Å². The molecule has 0 saturated heterocycles. The number of hydrogen-bond acceptors (Lipinski definition) is 6. The van der Waals surface area contributed by atoms with E-state index >= 15 is 0 Å². The van der Waals surface area contributed by atoms with Gasteiger partial charge in [-0.25, -0.2) is 0 Å². The van der Waals surface area contributed by atoms with E-state index in [0.717, 1.165) is 34.9 Å². The van der Waals surface area contributed by atoms with Gasteiger partial charge < -0.3 is 5.32 Å². The molecule has 17 heavy (non-hydrogen) atoms. The fourth-order valence-electron chi connectivity index (χ4n) is 1.51. The van der Waals surface area contributed by atoms with Crippen molar-refractivity contribution in [1.82, 2.24) is 8.75 Å². The summed E-state index contributed by atoms with van der Waals surface area (Å²) in [7, 11) is 0. The number of nitrogens with one attached hydrogen (secondary N) is 1. The maximum atomic E-state index is 6.17. The lowest BCUT2D eigenvalue weighted by atomic mass is 10.2. The van der Waals surface area contributed by atoms with Crippen molar-refractivity contribution < 1.29 is 0 Å². The SMILES string of the molecule is Clc1cc(Cl)c2nsnc2c1NC1=NCCS1. The topological polar surface area (TPSA) is 50.2 Å². The summed E-state index contributed by atoms with van der Waals surface area (Å²) < 4.78 is 8.37. The molecular weight excluding hydrogens is 299 g/mol. The van der Waals surface area contributed by atoms with Crippen molar-refractivity contribution in [3.63, 3.8) is 0 Å². The van der Waals surface area contributed by atoms with E-state index in [1.54, 1.807) is 17.8 Å². The summed E-state index contributed by atoms with van der Waals surface area (Å²) in [6.07, 6.45) is 0. The number of rotatable bonds is 1. The van der Waals surface area contributed by atoms with Crippen molar-refractivity contribution in [3.05, 3.63) is 16.1 Å². The molecule has 0 aliphatic carbocycles. The van der Waals surface area contributed by atoms with E-state index in [9.17, 15) is 0 Å². The summed E-state index contributed by atoms with van der Waals surface area (Å²) in [5.74, 6) is 0.992. The monoisotopic (exact) mass is 304 g/mol. The van der Waals surface area contributed by atoms with Gasteiger partial charge in [0.1, 0.15) is 11.0 Å². The lowest BCUT2D eigenvalue weighted by Gasteiger charge is -2.08. The molecule has 88 valence electrons. The van der Waals surface area contributed by atoms with Gasteiger partial charge in [0.25, 0.3) is 0 Å². The minimum Gasteiger partial charge on any atom is -0.332 e. The minimum atomic E-state index is 0.519. The number of aromatic nitrogens is 2. The molecule has 0 radical (unpaired) electrons. The first-order valence-electron chi connectivity index (χ1n) is 4.80. The second-order valence-electron chi connectivity index (χ2n) is 3.34. The van der Waals surface area contributed by atoms with Crippen LogP contribution in [0.15, 0.2) is 11.1 Å². The summed E-state index contributed by atoms with van der Waals surface area (Å²) in [5, 5.41) is 5.11. The molecular formula is C9H6Cl2N4S2. The number of thioether (sulfide) groups is 1. The summed E-state index contributed by atoms with van der Waals surface area (Å²) in [5.41, 5.74) is 2.10. The number of fused-ring (bicyclic) bond motifs is 1. The van der Waals surface area contributed by atoms with Crippen molar-refractivity contribution in [3.8, 4) is 0 Å². The third kappa shape index (κ3) is 2.10. The Morgan fingerprint density at radius 3 is 2.76 bits per heavy atom. The third-order valence-corrected chi connectivity index (χ3v) is 4.27. The molecule has 0 spiro atoms. The van der Waals surface area contributed by atoms with Crippen molar-refractivity contribution in [2.75, 3.05) is 17.6 Å². The Labute approximate surface area is 116 Å². The van der Waals surface area contributed by atoms with Crippen LogP contribution in [0.3, 0.4) is 0 Å². The number of aliphatic imine (C=N–C) groups is 1. The summed E-state index contributed by atoms with van der Waals surface area (Å²) in [4.78, 5) is 4.32. The molecule has 0 unspecified atom stereocenters. The van der Waals surface area contributed by atoms with Gasteiger partial charge in [0.2, 0.25) is 0 Å². The van der Waals surface area contributed by atoms with Gasteiger partial charge in [0.05, 0.1) is 34.0 Å². The van der Waals surface area contributed by atoms with Gasteiger partial charge in [-0.15, -0.1) is 0 Å². The van der Waals surface area contributed by atoms with Crippen LogP contribution in [0.4, 0.5) is 5.69 Å². The molecule has 1 N–H and O–H groups in total. The normalized spacial score (nSPS) is 15.3. The fraction of sp³-hybridized carbons (Fsp3) is 0.222. The molecule has 2 heterocycles. The van der Waals surface area contributed by atoms with Crippen molar-refractivity contribution in [1.29, 1.82) is 0 Å². The summed E-state index contributed by atoms with van der Waals surface area (Å²) >= 11 is 15.0. The van der Waals surface area contributed by atoms with Gasteiger partial charge in [-0.1, -0.05) is 35.0 Å². The molecule has 0 fully saturated rings. The van der Waals surface area contributed by atoms with E-state index in [4.69, 9.17) is 23.2 Å². The van der Waals surface area contributed by atoms with E-state index in [1.807, 2.05) is 0 Å². The highest BCUT2D eigenvalue weighted by Crippen LogP contribution is 2.35. The Hall–Kier alpha value is -0.560. The molecule has 0 bridgehead atoms. The average Bonchev–Trinajstić information content (AvgIpc) is 2.95. The predicted octanol–water partition coefficient (Wildman–Crippen LogP) is 3.51. The number of anilines is 1. The highest BCUT2D eigenvalue weighted by Gasteiger charge is 2.16. The Kier molecular flexibility index (Phi) is 3.12. The molecule has 2 aromatic rings. The van der Waals surface area contributed by atoms with Crippen LogP contribution >= 0.6 is 46.7 Å². The van der Waals surface area contributed by atoms with E-state index in [-0.39, 0.29) is 0 Å². The first kappa shape index (κ1) is 11.5. The van der Waals surface area contributed by atoms with Crippen LogP contribution in [-0.2, 0) is 0 Å². The van der Waals surface area contributed by atoms with Crippen LogP contribution in [0.5, 0.6) is 0 Å². The quantitative estimate of drug-likeness (QED) is 0.876. The predicted molar refractivity (Wildman–Crippen MR) is 75.8 cm³/mol. The molecule has 0 amide bonds. The second-order valence-corrected chi connectivity index (χ2v) is 5.76. The van der Waals surface area contributed by atoms with Crippen molar-refractivity contribution in [2.24, 2.45) is 4.99 Å². The number of amidine groups is 1. The van der Waals surface area contributed by atoms with Crippen LogP contribution in [-0.4, -0.2) is 26.2 Å². The Balaban J connectivity index is 2.11. The molecule has 1 aromatic carbocycles. The maximum absolute atomic E-state index is 6.17. The molecule has 8 heteroatoms. The van der Waals surface area contributed by atoms with E-state index in [2.05, 4.69) is 19.1 Å². The second kappa shape index (κ2) is 4.61. The summed E-state index contributed by atoms with van der Waals surface area (Å²) in [6.45, 7) is 0.830. The number of nitrogens with zero attached hydrogens (tertiary/aromatic N) is 3. The molecule has 1 aliphatic heterocycles. The third-order valence-electron chi connectivity index (χ3n) is 2.26. The maximum Gasteiger partial charge on any atom is 0.161 e. The minimum absolute atomic E-state index is 0.519. The van der Waals surface area contributed by atoms with Gasteiger partial charge in [0.15, 0.2) is 5.17 Å². The zero-order valence-electron chi connectivity index (χ0n) is 8.41. The summed E-state index contributed by atoms with van der Waals surface area (Å²) in [6, 6.07) is 1.68. The average molecular weight is 305 g/mol. The Morgan fingerprint density at radius 2 is 2.00 bits per heavy atom. The van der Waals surface area contributed by atoms with Crippen LogP contribution in [0.25, 0.3) is 11.0 Å². The number of benzene rings is 1.